The molecule has 2 rings (SSSR count). The molecule has 0 saturated heterocycles. The number of carbonyl (C=O) groups excluding carboxylic acids is 1. The van der Waals surface area contributed by atoms with Crippen molar-refractivity contribution < 1.29 is 19.0 Å². The molecule has 0 bridgehead atoms. The summed E-state index contributed by atoms with van der Waals surface area (Å²) in [5, 5.41) is 12.0. The molecule has 2 aromatic rings. The number of hydrogen-bond donors (Lipinski definition) is 2. The molecule has 2 aromatic carbocycles. The number of aliphatic hydroxyl groups excluding tert-OH is 1. The Labute approximate surface area is 122 Å². The van der Waals surface area contributed by atoms with Crippen molar-refractivity contribution in [2.45, 2.75) is 13.0 Å². The Hall–Kier alpha value is -2.40. The molecule has 21 heavy (non-hydrogen) atoms. The molecule has 2 N–H and O–H groups in total. The van der Waals surface area contributed by atoms with Crippen molar-refractivity contribution in [2.75, 3.05) is 11.9 Å². The normalized spacial score (nSPS) is 11.8. The van der Waals surface area contributed by atoms with E-state index in [1.54, 1.807) is 31.2 Å². The van der Waals surface area contributed by atoms with Gasteiger partial charge < -0.3 is 15.2 Å². The minimum atomic E-state index is -0.541. The number of carbonyl (C=O) groups is 1. The molecule has 4 nitrogen and oxygen atoms in total. The van der Waals surface area contributed by atoms with E-state index in [4.69, 9.17) is 4.74 Å². The van der Waals surface area contributed by atoms with Crippen molar-refractivity contribution in [3.05, 3.63) is 59.9 Å². The van der Waals surface area contributed by atoms with Crippen LogP contribution in [0.2, 0.25) is 0 Å². The van der Waals surface area contributed by atoms with Crippen molar-refractivity contribution in [1.82, 2.24) is 0 Å². The number of hydrogen-bond acceptors (Lipinski definition) is 3. The maximum Gasteiger partial charge on any atom is 0.262 e. The molecule has 0 spiro atoms. The van der Waals surface area contributed by atoms with Crippen LogP contribution in [0.3, 0.4) is 0 Å². The number of aliphatic hydroxyl groups is 1. The van der Waals surface area contributed by atoms with Gasteiger partial charge in [0.2, 0.25) is 0 Å². The van der Waals surface area contributed by atoms with Crippen molar-refractivity contribution in [2.24, 2.45) is 0 Å². The van der Waals surface area contributed by atoms with E-state index in [-0.39, 0.29) is 18.3 Å². The minimum absolute atomic E-state index is 0.147. The fourth-order valence-corrected chi connectivity index (χ4v) is 1.72. The summed E-state index contributed by atoms with van der Waals surface area (Å²) in [6.45, 7) is 1.53. The first kappa shape index (κ1) is 15.0. The summed E-state index contributed by atoms with van der Waals surface area (Å²) in [5.74, 6) is -0.155. The van der Waals surface area contributed by atoms with Gasteiger partial charge in [0, 0.05) is 5.69 Å². The molecule has 0 saturated carbocycles. The summed E-state index contributed by atoms with van der Waals surface area (Å²) in [4.78, 5) is 11.7. The zero-order valence-corrected chi connectivity index (χ0v) is 11.5. The van der Waals surface area contributed by atoms with E-state index in [1.807, 2.05) is 0 Å². The van der Waals surface area contributed by atoms with Crippen molar-refractivity contribution in [1.29, 1.82) is 0 Å². The highest BCUT2D eigenvalue weighted by atomic mass is 19.1. The third kappa shape index (κ3) is 4.57. The number of ether oxygens (including phenoxy) is 1. The van der Waals surface area contributed by atoms with E-state index in [9.17, 15) is 14.3 Å². The van der Waals surface area contributed by atoms with Crippen LogP contribution in [0.4, 0.5) is 10.1 Å². The summed E-state index contributed by atoms with van der Waals surface area (Å²) in [5.41, 5.74) is 1.28. The van der Waals surface area contributed by atoms with Crippen molar-refractivity contribution in [3.63, 3.8) is 0 Å². The number of rotatable bonds is 5. The SMILES string of the molecule is C[C@@H](O)c1ccc(OCC(=O)Nc2ccc(F)cc2)cc1. The Morgan fingerprint density at radius 1 is 1.19 bits per heavy atom. The Balaban J connectivity index is 1.84. The lowest BCUT2D eigenvalue weighted by atomic mass is 10.1. The number of halogens is 1. The fourth-order valence-electron chi connectivity index (χ4n) is 1.72. The standard InChI is InChI=1S/C16H16FNO3/c1-11(19)12-2-8-15(9-3-12)21-10-16(20)18-14-6-4-13(17)5-7-14/h2-9,11,19H,10H2,1H3,(H,18,20)/t11-/m1/s1. The van der Waals surface area contributed by atoms with E-state index >= 15 is 0 Å². The summed E-state index contributed by atoms with van der Waals surface area (Å²) in [6.07, 6.45) is -0.541. The van der Waals surface area contributed by atoms with Crippen LogP contribution in [-0.2, 0) is 4.79 Å². The fraction of sp³-hybridized carbons (Fsp3) is 0.188. The van der Waals surface area contributed by atoms with Gasteiger partial charge in [-0.3, -0.25) is 4.79 Å². The van der Waals surface area contributed by atoms with Gasteiger partial charge in [0.05, 0.1) is 6.10 Å². The molecule has 0 aliphatic carbocycles. The minimum Gasteiger partial charge on any atom is -0.484 e. The average molecular weight is 289 g/mol. The first-order valence-corrected chi connectivity index (χ1v) is 6.51. The van der Waals surface area contributed by atoms with Gasteiger partial charge in [0.1, 0.15) is 11.6 Å². The Bertz CT molecular complexity index is 594. The van der Waals surface area contributed by atoms with Crippen molar-refractivity contribution >= 4 is 11.6 Å². The Kier molecular flexibility index (Phi) is 4.90. The van der Waals surface area contributed by atoms with Gasteiger partial charge in [0.15, 0.2) is 6.61 Å². The lowest BCUT2D eigenvalue weighted by molar-refractivity contribution is -0.118. The van der Waals surface area contributed by atoms with Gasteiger partial charge in [-0.05, 0) is 48.9 Å². The highest BCUT2D eigenvalue weighted by Crippen LogP contribution is 2.17. The highest BCUT2D eigenvalue weighted by molar-refractivity contribution is 5.91. The van der Waals surface area contributed by atoms with Crippen LogP contribution in [0.5, 0.6) is 5.75 Å². The van der Waals surface area contributed by atoms with Crippen LogP contribution in [0.15, 0.2) is 48.5 Å². The molecule has 5 heteroatoms. The zero-order valence-electron chi connectivity index (χ0n) is 11.5. The smallest absolute Gasteiger partial charge is 0.262 e. The van der Waals surface area contributed by atoms with Gasteiger partial charge in [-0.15, -0.1) is 0 Å². The van der Waals surface area contributed by atoms with Crippen LogP contribution in [0.1, 0.15) is 18.6 Å². The molecule has 0 aliphatic heterocycles. The van der Waals surface area contributed by atoms with E-state index in [0.717, 1.165) is 5.56 Å². The predicted molar refractivity (Wildman–Crippen MR) is 77.6 cm³/mol. The number of benzene rings is 2. The van der Waals surface area contributed by atoms with E-state index in [1.165, 1.54) is 24.3 Å². The molecule has 0 aromatic heterocycles. The van der Waals surface area contributed by atoms with Crippen LogP contribution in [-0.4, -0.2) is 17.6 Å². The summed E-state index contributed by atoms with van der Waals surface area (Å²) >= 11 is 0. The van der Waals surface area contributed by atoms with E-state index < -0.39 is 6.10 Å². The van der Waals surface area contributed by atoms with E-state index in [0.29, 0.717) is 11.4 Å². The van der Waals surface area contributed by atoms with Crippen LogP contribution >= 0.6 is 0 Å². The molecular formula is C16H16FNO3. The second-order valence-corrected chi connectivity index (χ2v) is 4.59. The second kappa shape index (κ2) is 6.85. The molecule has 1 amide bonds. The monoisotopic (exact) mass is 289 g/mol. The number of anilines is 1. The second-order valence-electron chi connectivity index (χ2n) is 4.59. The molecule has 0 fully saturated rings. The molecule has 0 radical (unpaired) electrons. The lowest BCUT2D eigenvalue weighted by Gasteiger charge is -2.09. The maximum atomic E-state index is 12.7. The summed E-state index contributed by atoms with van der Waals surface area (Å²) < 4.78 is 18.1. The lowest BCUT2D eigenvalue weighted by Crippen LogP contribution is -2.20. The highest BCUT2D eigenvalue weighted by Gasteiger charge is 2.05. The van der Waals surface area contributed by atoms with Gasteiger partial charge in [-0.25, -0.2) is 4.39 Å². The first-order valence-electron chi connectivity index (χ1n) is 6.51. The maximum absolute atomic E-state index is 12.7. The zero-order chi connectivity index (χ0) is 15.2. The molecule has 0 unspecified atom stereocenters. The first-order chi connectivity index (χ1) is 10.0. The Morgan fingerprint density at radius 3 is 2.38 bits per heavy atom. The van der Waals surface area contributed by atoms with Gasteiger partial charge in [-0.1, -0.05) is 12.1 Å². The van der Waals surface area contributed by atoms with Crippen molar-refractivity contribution in [3.8, 4) is 5.75 Å². The predicted octanol–water partition coefficient (Wildman–Crippen LogP) is 2.90. The molecule has 110 valence electrons. The summed E-state index contributed by atoms with van der Waals surface area (Å²) in [6, 6.07) is 12.3. The topological polar surface area (TPSA) is 58.6 Å². The van der Waals surface area contributed by atoms with Gasteiger partial charge in [0.25, 0.3) is 5.91 Å². The third-order valence-corrected chi connectivity index (χ3v) is 2.86. The number of amides is 1. The Morgan fingerprint density at radius 2 is 1.81 bits per heavy atom. The third-order valence-electron chi connectivity index (χ3n) is 2.86. The summed E-state index contributed by atoms with van der Waals surface area (Å²) in [7, 11) is 0. The number of nitrogens with one attached hydrogen (secondary N) is 1. The van der Waals surface area contributed by atoms with Gasteiger partial charge in [-0.2, -0.15) is 0 Å². The van der Waals surface area contributed by atoms with E-state index in [2.05, 4.69) is 5.32 Å². The molecule has 0 aliphatic rings. The molecule has 0 heterocycles. The van der Waals surface area contributed by atoms with Crippen LogP contribution < -0.4 is 10.1 Å². The molecular weight excluding hydrogens is 273 g/mol. The van der Waals surface area contributed by atoms with Crippen LogP contribution in [0, 0.1) is 5.82 Å². The average Bonchev–Trinajstić information content (AvgIpc) is 2.48. The van der Waals surface area contributed by atoms with Gasteiger partial charge >= 0.3 is 0 Å². The molecule has 1 atom stereocenters. The quantitative estimate of drug-likeness (QED) is 0.889. The van der Waals surface area contributed by atoms with Crippen LogP contribution in [0.25, 0.3) is 0 Å². The largest absolute Gasteiger partial charge is 0.484 e.